The van der Waals surface area contributed by atoms with Crippen LogP contribution in [0.2, 0.25) is 10.0 Å². The molecule has 180 valence electrons. The lowest BCUT2D eigenvalue weighted by Gasteiger charge is -2.30. The molecule has 1 saturated heterocycles. The van der Waals surface area contributed by atoms with E-state index in [0.717, 1.165) is 0 Å². The third kappa shape index (κ3) is 5.66. The highest BCUT2D eigenvalue weighted by atomic mass is 35.5. The number of sulfonamides is 1. The Balaban J connectivity index is 1.67. The van der Waals surface area contributed by atoms with E-state index in [1.165, 1.54) is 30.7 Å². The molecule has 0 radical (unpaired) electrons. The molecule has 1 aliphatic rings. The van der Waals surface area contributed by atoms with Crippen LogP contribution in [0.1, 0.15) is 19.8 Å². The van der Waals surface area contributed by atoms with Crippen LogP contribution >= 0.6 is 23.2 Å². The van der Waals surface area contributed by atoms with Crippen molar-refractivity contribution in [3.8, 4) is 17.2 Å². The lowest BCUT2D eigenvalue weighted by atomic mass is 9.97. The quantitative estimate of drug-likeness (QED) is 0.556. The number of nitrogens with zero attached hydrogens (tertiary/aromatic N) is 1. The highest BCUT2D eigenvalue weighted by Crippen LogP contribution is 2.37. The van der Waals surface area contributed by atoms with E-state index >= 15 is 0 Å². The van der Waals surface area contributed by atoms with E-state index in [4.69, 9.17) is 37.4 Å². The molecular formula is C22H26Cl2N2O6S. The summed E-state index contributed by atoms with van der Waals surface area (Å²) in [5.74, 6) is 0.664. The predicted octanol–water partition coefficient (Wildman–Crippen LogP) is 4.45. The first-order valence-electron chi connectivity index (χ1n) is 10.4. The first kappa shape index (κ1) is 25.4. The number of ether oxygens (including phenoxy) is 3. The zero-order valence-corrected chi connectivity index (χ0v) is 20.9. The van der Waals surface area contributed by atoms with Crippen LogP contribution in [0.3, 0.4) is 0 Å². The van der Waals surface area contributed by atoms with E-state index in [0.29, 0.717) is 47.4 Å². The van der Waals surface area contributed by atoms with Crippen LogP contribution in [0.4, 0.5) is 5.69 Å². The number of anilines is 1. The van der Waals surface area contributed by atoms with Gasteiger partial charge in [-0.25, -0.2) is 8.42 Å². The van der Waals surface area contributed by atoms with Crippen molar-refractivity contribution in [2.24, 2.45) is 5.92 Å². The largest absolute Gasteiger partial charge is 0.495 e. The lowest BCUT2D eigenvalue weighted by Crippen LogP contribution is -2.41. The SMILES string of the molecule is CCOc1ccc(S(=O)(=O)N2CCC(C(=O)Nc3cc(OC)c(Cl)cc3OC)CC2)cc1Cl. The molecule has 2 aromatic rings. The third-order valence-electron chi connectivity index (χ3n) is 5.40. The molecule has 2 aromatic carbocycles. The fourth-order valence-corrected chi connectivity index (χ4v) is 5.64. The van der Waals surface area contributed by atoms with Crippen molar-refractivity contribution in [3.63, 3.8) is 0 Å². The molecule has 0 saturated carbocycles. The molecule has 0 spiro atoms. The minimum Gasteiger partial charge on any atom is -0.495 e. The van der Waals surface area contributed by atoms with Gasteiger partial charge < -0.3 is 19.5 Å². The average Bonchev–Trinajstić information content (AvgIpc) is 2.81. The molecule has 1 amide bonds. The van der Waals surface area contributed by atoms with Crippen molar-refractivity contribution in [1.82, 2.24) is 4.31 Å². The van der Waals surface area contributed by atoms with Gasteiger partial charge in [0.25, 0.3) is 0 Å². The van der Waals surface area contributed by atoms with Gasteiger partial charge >= 0.3 is 0 Å². The Hall–Kier alpha value is -2.20. The van der Waals surface area contributed by atoms with Crippen LogP contribution in [-0.2, 0) is 14.8 Å². The number of benzene rings is 2. The highest BCUT2D eigenvalue weighted by Gasteiger charge is 2.33. The van der Waals surface area contributed by atoms with E-state index in [-0.39, 0.29) is 34.8 Å². The van der Waals surface area contributed by atoms with E-state index in [2.05, 4.69) is 5.32 Å². The van der Waals surface area contributed by atoms with Gasteiger partial charge in [0.2, 0.25) is 15.9 Å². The van der Waals surface area contributed by atoms with Crippen molar-refractivity contribution in [2.75, 3.05) is 39.2 Å². The minimum atomic E-state index is -3.74. The van der Waals surface area contributed by atoms with Gasteiger partial charge in [-0.2, -0.15) is 4.31 Å². The fraction of sp³-hybridized carbons (Fsp3) is 0.409. The zero-order chi connectivity index (χ0) is 24.2. The molecule has 33 heavy (non-hydrogen) atoms. The standard InChI is InChI=1S/C22H26Cl2N2O6S/c1-4-32-19-6-5-15(11-16(19)23)33(28,29)26-9-7-14(8-10-26)22(27)25-18-13-20(30-2)17(24)12-21(18)31-3/h5-6,11-14H,4,7-10H2,1-3H3,(H,25,27). The van der Waals surface area contributed by atoms with E-state index in [1.54, 1.807) is 18.2 Å². The number of hydrogen-bond acceptors (Lipinski definition) is 6. The molecule has 3 rings (SSSR count). The van der Waals surface area contributed by atoms with E-state index in [9.17, 15) is 13.2 Å². The van der Waals surface area contributed by atoms with Crippen LogP contribution in [0, 0.1) is 5.92 Å². The van der Waals surface area contributed by atoms with Gasteiger partial charge in [-0.05, 0) is 38.0 Å². The number of carbonyl (C=O) groups excluding carboxylic acids is 1. The van der Waals surface area contributed by atoms with Crippen molar-refractivity contribution in [1.29, 1.82) is 0 Å². The number of nitrogens with one attached hydrogen (secondary N) is 1. The van der Waals surface area contributed by atoms with Gasteiger partial charge in [0.05, 0.1) is 41.5 Å². The summed E-state index contributed by atoms with van der Waals surface area (Å²) in [5.41, 5.74) is 0.433. The second kappa shape index (κ2) is 10.8. The highest BCUT2D eigenvalue weighted by molar-refractivity contribution is 7.89. The molecule has 0 atom stereocenters. The maximum Gasteiger partial charge on any atom is 0.243 e. The van der Waals surface area contributed by atoms with Crippen LogP contribution in [0.5, 0.6) is 17.2 Å². The third-order valence-corrected chi connectivity index (χ3v) is 7.88. The number of amides is 1. The number of carbonyl (C=O) groups is 1. The van der Waals surface area contributed by atoms with Crippen molar-refractivity contribution in [3.05, 3.63) is 40.4 Å². The average molecular weight is 517 g/mol. The monoisotopic (exact) mass is 516 g/mol. The second-order valence-electron chi connectivity index (χ2n) is 7.38. The Morgan fingerprint density at radius 2 is 1.67 bits per heavy atom. The molecule has 8 nitrogen and oxygen atoms in total. The Bertz CT molecular complexity index is 1120. The molecule has 0 unspecified atom stereocenters. The van der Waals surface area contributed by atoms with Gasteiger partial charge in [-0.15, -0.1) is 0 Å². The van der Waals surface area contributed by atoms with Crippen molar-refractivity contribution < 1.29 is 27.4 Å². The fourth-order valence-electron chi connectivity index (χ4n) is 3.61. The molecule has 1 N–H and O–H groups in total. The Kier molecular flexibility index (Phi) is 8.33. The molecule has 11 heteroatoms. The topological polar surface area (TPSA) is 94.2 Å². The predicted molar refractivity (Wildman–Crippen MR) is 127 cm³/mol. The molecule has 0 aliphatic carbocycles. The van der Waals surface area contributed by atoms with E-state index in [1.807, 2.05) is 6.92 Å². The second-order valence-corrected chi connectivity index (χ2v) is 10.1. The van der Waals surface area contributed by atoms with Crippen molar-refractivity contribution in [2.45, 2.75) is 24.7 Å². The minimum absolute atomic E-state index is 0.0943. The maximum absolute atomic E-state index is 13.0. The van der Waals surface area contributed by atoms with Gasteiger partial charge in [-0.1, -0.05) is 23.2 Å². The summed E-state index contributed by atoms with van der Waals surface area (Å²) >= 11 is 12.3. The van der Waals surface area contributed by atoms with Crippen molar-refractivity contribution >= 4 is 44.8 Å². The van der Waals surface area contributed by atoms with E-state index < -0.39 is 10.0 Å². The van der Waals surface area contributed by atoms with Gasteiger partial charge in [-0.3, -0.25) is 4.79 Å². The molecule has 0 aromatic heterocycles. The van der Waals surface area contributed by atoms with Gasteiger partial charge in [0.1, 0.15) is 17.2 Å². The lowest BCUT2D eigenvalue weighted by molar-refractivity contribution is -0.120. The van der Waals surface area contributed by atoms with Crippen LogP contribution in [0.15, 0.2) is 35.2 Å². The number of hydrogen-bond donors (Lipinski definition) is 1. The molecule has 1 heterocycles. The normalized spacial score (nSPS) is 15.2. The molecule has 1 aliphatic heterocycles. The van der Waals surface area contributed by atoms with Gasteiger partial charge in [0.15, 0.2) is 0 Å². The Labute approximate surface area is 203 Å². The summed E-state index contributed by atoms with van der Waals surface area (Å²) in [4.78, 5) is 12.9. The number of methoxy groups -OCH3 is 2. The van der Waals surface area contributed by atoms with Crippen LogP contribution < -0.4 is 19.5 Å². The molecule has 0 bridgehead atoms. The summed E-state index contributed by atoms with van der Waals surface area (Å²) in [7, 11) is -0.783. The van der Waals surface area contributed by atoms with Crippen LogP contribution in [0.25, 0.3) is 0 Å². The first-order chi connectivity index (χ1) is 15.7. The first-order valence-corrected chi connectivity index (χ1v) is 12.6. The van der Waals surface area contributed by atoms with Crippen LogP contribution in [-0.4, -0.2) is 52.5 Å². The number of halogens is 2. The Morgan fingerprint density at radius 1 is 1.03 bits per heavy atom. The summed E-state index contributed by atoms with van der Waals surface area (Å²) in [6.45, 7) is 2.68. The van der Waals surface area contributed by atoms with Gasteiger partial charge in [0, 0.05) is 31.1 Å². The Morgan fingerprint density at radius 3 is 2.24 bits per heavy atom. The summed E-state index contributed by atoms with van der Waals surface area (Å²) in [5, 5.41) is 3.44. The summed E-state index contributed by atoms with van der Waals surface area (Å²) < 4.78 is 43.3. The maximum atomic E-state index is 13.0. The number of piperidine rings is 1. The summed E-state index contributed by atoms with van der Waals surface area (Å²) in [6.07, 6.45) is 0.756. The number of rotatable bonds is 8. The zero-order valence-electron chi connectivity index (χ0n) is 18.6. The molecule has 1 fully saturated rings. The summed E-state index contributed by atoms with van der Waals surface area (Å²) in [6, 6.07) is 7.57. The smallest absolute Gasteiger partial charge is 0.243 e. The molecular weight excluding hydrogens is 491 g/mol.